The molecular weight excluding hydrogens is 352 g/mol. The number of carbonyl (C=O) groups is 1. The van der Waals surface area contributed by atoms with Crippen molar-refractivity contribution < 1.29 is 4.79 Å². The molecule has 0 saturated carbocycles. The van der Waals surface area contributed by atoms with Gasteiger partial charge in [-0.05, 0) is 64.0 Å². The molecule has 0 heterocycles. The van der Waals surface area contributed by atoms with Gasteiger partial charge in [-0.15, -0.1) is 0 Å². The van der Waals surface area contributed by atoms with Crippen LogP contribution < -0.4 is 0 Å². The summed E-state index contributed by atoms with van der Waals surface area (Å²) in [5, 5.41) is 5.31. The van der Waals surface area contributed by atoms with Gasteiger partial charge in [0.1, 0.15) is 0 Å². The number of halogens is 1. The Labute approximate surface area is 167 Å². The summed E-state index contributed by atoms with van der Waals surface area (Å²) >= 11 is 5.36. The van der Waals surface area contributed by atoms with Crippen molar-refractivity contribution in [1.29, 1.82) is 0 Å². The Morgan fingerprint density at radius 1 is 0.667 bits per heavy atom. The first-order valence-electron chi connectivity index (χ1n) is 10.3. The monoisotopic (exact) mass is 380 g/mol. The molecule has 0 unspecified atom stereocenters. The lowest BCUT2D eigenvalue weighted by molar-refractivity contribution is -0.111. The van der Waals surface area contributed by atoms with Gasteiger partial charge in [0.2, 0.25) is 5.24 Å². The molecule has 0 bridgehead atoms. The lowest BCUT2D eigenvalue weighted by Gasteiger charge is -2.11. The maximum atomic E-state index is 10.7. The second kappa shape index (κ2) is 10.5. The normalized spacial score (nSPS) is 11.3. The van der Waals surface area contributed by atoms with E-state index in [1.165, 1.54) is 65.6 Å². The zero-order valence-corrected chi connectivity index (χ0v) is 16.8. The summed E-state index contributed by atoms with van der Waals surface area (Å²) in [7, 11) is 0. The van der Waals surface area contributed by atoms with Crippen molar-refractivity contribution in [2.45, 2.75) is 64.2 Å². The lowest BCUT2D eigenvalue weighted by Crippen LogP contribution is -1.91. The van der Waals surface area contributed by atoms with Crippen LogP contribution in [-0.2, 0) is 11.2 Å². The minimum atomic E-state index is -0.198. The van der Waals surface area contributed by atoms with Crippen LogP contribution in [0.2, 0.25) is 0 Å². The van der Waals surface area contributed by atoms with E-state index < -0.39 is 0 Å². The van der Waals surface area contributed by atoms with Crippen LogP contribution in [0.4, 0.5) is 0 Å². The van der Waals surface area contributed by atoms with Crippen LogP contribution >= 0.6 is 11.6 Å². The zero-order valence-electron chi connectivity index (χ0n) is 16.1. The molecule has 2 heteroatoms. The molecule has 0 N–H and O–H groups in total. The van der Waals surface area contributed by atoms with Gasteiger partial charge in [-0.2, -0.15) is 0 Å². The fourth-order valence-electron chi connectivity index (χ4n) is 4.00. The summed E-state index contributed by atoms with van der Waals surface area (Å²) in [5.41, 5.74) is 1.51. The number of benzene rings is 3. The minimum Gasteiger partial charge on any atom is -0.281 e. The lowest BCUT2D eigenvalue weighted by atomic mass is 9.93. The smallest absolute Gasteiger partial charge is 0.221 e. The highest BCUT2D eigenvalue weighted by Gasteiger charge is 2.07. The molecule has 0 atom stereocenters. The molecule has 3 aromatic rings. The van der Waals surface area contributed by atoms with Crippen LogP contribution in [-0.4, -0.2) is 5.24 Å². The molecule has 0 fully saturated rings. The van der Waals surface area contributed by atoms with Crippen LogP contribution in [0, 0.1) is 0 Å². The maximum absolute atomic E-state index is 10.7. The third kappa shape index (κ3) is 5.81. The molecule has 0 aliphatic heterocycles. The van der Waals surface area contributed by atoms with Gasteiger partial charge in [0.25, 0.3) is 0 Å². The molecule has 0 amide bonds. The molecule has 0 aliphatic rings. The third-order valence-corrected chi connectivity index (χ3v) is 5.62. The van der Waals surface area contributed by atoms with Crippen molar-refractivity contribution in [3.05, 3.63) is 60.2 Å². The van der Waals surface area contributed by atoms with Crippen molar-refractivity contribution >= 4 is 38.4 Å². The van der Waals surface area contributed by atoms with Crippen molar-refractivity contribution in [2.24, 2.45) is 0 Å². The first-order valence-corrected chi connectivity index (χ1v) is 10.7. The Balaban J connectivity index is 1.48. The van der Waals surface area contributed by atoms with Gasteiger partial charge in [-0.25, -0.2) is 0 Å². The zero-order chi connectivity index (χ0) is 18.9. The number of unbranched alkanes of at least 4 members (excludes halogenated alkanes) is 7. The van der Waals surface area contributed by atoms with Crippen LogP contribution in [0.25, 0.3) is 21.5 Å². The number of hydrogen-bond donors (Lipinski definition) is 0. The predicted octanol–water partition coefficient (Wildman–Crippen LogP) is 7.81. The van der Waals surface area contributed by atoms with Gasteiger partial charge in [0.05, 0.1) is 0 Å². The summed E-state index contributed by atoms with van der Waals surface area (Å²) in [5.74, 6) is 0. The molecule has 3 aromatic carbocycles. The highest BCUT2D eigenvalue weighted by molar-refractivity contribution is 6.63. The topological polar surface area (TPSA) is 17.1 Å². The van der Waals surface area contributed by atoms with Gasteiger partial charge < -0.3 is 0 Å². The van der Waals surface area contributed by atoms with Crippen molar-refractivity contribution in [2.75, 3.05) is 0 Å². The molecule has 0 spiro atoms. The average molecular weight is 381 g/mol. The van der Waals surface area contributed by atoms with E-state index in [-0.39, 0.29) is 5.24 Å². The molecule has 0 aromatic heterocycles. The Bertz CT molecular complexity index is 830. The molecule has 0 radical (unpaired) electrons. The van der Waals surface area contributed by atoms with Crippen LogP contribution in [0.5, 0.6) is 0 Å². The first-order chi connectivity index (χ1) is 13.3. The van der Waals surface area contributed by atoms with Gasteiger partial charge >= 0.3 is 0 Å². The largest absolute Gasteiger partial charge is 0.281 e. The number of fused-ring (bicyclic) bond motifs is 2. The van der Waals surface area contributed by atoms with E-state index in [1.54, 1.807) is 0 Å². The highest BCUT2D eigenvalue weighted by Crippen LogP contribution is 2.29. The average Bonchev–Trinajstić information content (AvgIpc) is 2.68. The fourth-order valence-corrected chi connectivity index (χ4v) is 4.14. The second-order valence-corrected chi connectivity index (χ2v) is 7.90. The minimum absolute atomic E-state index is 0.198. The molecule has 142 valence electrons. The number of carbonyl (C=O) groups excluding carboxylic acids is 1. The van der Waals surface area contributed by atoms with E-state index in [9.17, 15) is 4.79 Å². The number of rotatable bonds is 11. The molecule has 0 aliphatic carbocycles. The Kier molecular flexibility index (Phi) is 7.71. The van der Waals surface area contributed by atoms with Crippen molar-refractivity contribution in [3.8, 4) is 0 Å². The van der Waals surface area contributed by atoms with Gasteiger partial charge in [0.15, 0.2) is 0 Å². The Morgan fingerprint density at radius 2 is 1.15 bits per heavy atom. The second-order valence-electron chi connectivity index (χ2n) is 7.48. The summed E-state index contributed by atoms with van der Waals surface area (Å²) < 4.78 is 0. The van der Waals surface area contributed by atoms with E-state index in [4.69, 9.17) is 11.6 Å². The molecule has 27 heavy (non-hydrogen) atoms. The van der Waals surface area contributed by atoms with E-state index >= 15 is 0 Å². The predicted molar refractivity (Wildman–Crippen MR) is 118 cm³/mol. The number of aryl methyl sites for hydroxylation is 1. The third-order valence-electron chi connectivity index (χ3n) is 5.43. The molecular formula is C25H29ClO. The maximum Gasteiger partial charge on any atom is 0.221 e. The van der Waals surface area contributed by atoms with Crippen LogP contribution in [0.15, 0.2) is 54.6 Å². The van der Waals surface area contributed by atoms with Gasteiger partial charge in [-0.1, -0.05) is 87.1 Å². The van der Waals surface area contributed by atoms with Crippen molar-refractivity contribution in [3.63, 3.8) is 0 Å². The van der Waals surface area contributed by atoms with Gasteiger partial charge in [-0.3, -0.25) is 4.79 Å². The van der Waals surface area contributed by atoms with E-state index in [2.05, 4.69) is 54.6 Å². The van der Waals surface area contributed by atoms with Crippen molar-refractivity contribution in [1.82, 2.24) is 0 Å². The van der Waals surface area contributed by atoms with E-state index in [1.807, 2.05) is 0 Å². The summed E-state index contributed by atoms with van der Waals surface area (Å²) in [6.45, 7) is 0. The fraction of sp³-hybridized carbons (Fsp3) is 0.400. The summed E-state index contributed by atoms with van der Waals surface area (Å²) in [6.07, 6.45) is 11.4. The highest BCUT2D eigenvalue weighted by atomic mass is 35.5. The Hall–Kier alpha value is -1.86. The number of hydrogen-bond acceptors (Lipinski definition) is 1. The summed E-state index contributed by atoms with van der Waals surface area (Å²) in [4.78, 5) is 10.7. The Morgan fingerprint density at radius 3 is 1.70 bits per heavy atom. The van der Waals surface area contributed by atoms with Crippen LogP contribution in [0.3, 0.4) is 0 Å². The summed E-state index contributed by atoms with van der Waals surface area (Å²) in [6, 6.07) is 19.9. The van der Waals surface area contributed by atoms with E-state index in [0.717, 1.165) is 19.3 Å². The molecule has 1 nitrogen and oxygen atoms in total. The standard InChI is InChI=1S/C25H29ClO/c26-25(27)18-8-6-4-2-1-3-5-7-17-24-22-15-11-9-13-20(22)19-21-14-10-12-16-23(21)24/h9-16,19H,1-8,17-18H2. The first kappa shape index (κ1) is 19.9. The van der Waals surface area contributed by atoms with Crippen LogP contribution in [0.1, 0.15) is 63.4 Å². The van der Waals surface area contributed by atoms with E-state index in [0.29, 0.717) is 6.42 Å². The molecule has 0 saturated heterocycles. The SMILES string of the molecule is O=C(Cl)CCCCCCCCCCc1c2ccccc2cc2ccccc12. The van der Waals surface area contributed by atoms with Gasteiger partial charge in [0, 0.05) is 6.42 Å². The quantitative estimate of drug-likeness (QED) is 0.188. The molecule has 3 rings (SSSR count).